The lowest BCUT2D eigenvalue weighted by molar-refractivity contribution is 0.205. The maximum absolute atomic E-state index is 11.2. The molecule has 0 bridgehead atoms. The summed E-state index contributed by atoms with van der Waals surface area (Å²) in [6, 6.07) is 3.48. The van der Waals surface area contributed by atoms with Crippen molar-refractivity contribution in [3.8, 4) is 6.07 Å². The molecule has 2 heterocycles. The van der Waals surface area contributed by atoms with Crippen LogP contribution >= 0.6 is 0 Å². The number of aromatic amines is 1. The van der Waals surface area contributed by atoms with Gasteiger partial charge in [0.1, 0.15) is 17.6 Å². The topological polar surface area (TPSA) is 84.8 Å². The zero-order chi connectivity index (χ0) is 13.7. The van der Waals surface area contributed by atoms with Crippen molar-refractivity contribution in [1.29, 1.82) is 5.26 Å². The molecule has 1 aliphatic rings. The summed E-state index contributed by atoms with van der Waals surface area (Å²) in [5, 5.41) is 11.9. The van der Waals surface area contributed by atoms with Crippen LogP contribution in [0.25, 0.3) is 0 Å². The van der Waals surface area contributed by atoms with E-state index in [9.17, 15) is 4.79 Å². The summed E-state index contributed by atoms with van der Waals surface area (Å²) in [7, 11) is 2.15. The molecule has 1 atom stereocenters. The fourth-order valence-corrected chi connectivity index (χ4v) is 2.52. The SMILES string of the molecule is CN1CCCC(CCNc2cc(C#N)[nH]c(=O)n2)C1. The first kappa shape index (κ1) is 13.6. The average Bonchev–Trinajstić information content (AvgIpc) is 2.38. The monoisotopic (exact) mass is 261 g/mol. The standard InChI is InChI=1S/C13H19N5O/c1-18-6-2-3-10(9-18)4-5-15-12-7-11(8-14)16-13(19)17-12/h7,10H,2-6,9H2,1H3,(H2,15,16,17,19). The van der Waals surface area contributed by atoms with Crippen molar-refractivity contribution in [1.82, 2.24) is 14.9 Å². The Hall–Kier alpha value is -1.87. The van der Waals surface area contributed by atoms with E-state index < -0.39 is 5.69 Å². The number of nitriles is 1. The zero-order valence-electron chi connectivity index (χ0n) is 11.1. The number of piperidine rings is 1. The van der Waals surface area contributed by atoms with Crippen LogP contribution in [0, 0.1) is 17.2 Å². The first-order valence-electron chi connectivity index (χ1n) is 6.61. The Morgan fingerprint density at radius 2 is 2.53 bits per heavy atom. The van der Waals surface area contributed by atoms with E-state index in [4.69, 9.17) is 5.26 Å². The number of hydrogen-bond acceptors (Lipinski definition) is 5. The van der Waals surface area contributed by atoms with Gasteiger partial charge in [0.15, 0.2) is 0 Å². The first-order valence-corrected chi connectivity index (χ1v) is 6.61. The molecule has 0 amide bonds. The summed E-state index contributed by atoms with van der Waals surface area (Å²) in [6.07, 6.45) is 3.57. The van der Waals surface area contributed by atoms with Gasteiger partial charge in [-0.1, -0.05) is 0 Å². The van der Waals surface area contributed by atoms with Crippen LogP contribution in [0.4, 0.5) is 5.82 Å². The second-order valence-corrected chi connectivity index (χ2v) is 5.08. The molecule has 6 nitrogen and oxygen atoms in total. The molecule has 19 heavy (non-hydrogen) atoms. The van der Waals surface area contributed by atoms with Crippen molar-refractivity contribution in [2.45, 2.75) is 19.3 Å². The fraction of sp³-hybridized carbons (Fsp3) is 0.615. The van der Waals surface area contributed by atoms with Gasteiger partial charge in [0.05, 0.1) is 0 Å². The van der Waals surface area contributed by atoms with Crippen LogP contribution in [0.5, 0.6) is 0 Å². The molecular weight excluding hydrogens is 242 g/mol. The van der Waals surface area contributed by atoms with Crippen molar-refractivity contribution < 1.29 is 0 Å². The van der Waals surface area contributed by atoms with Gasteiger partial charge in [0.25, 0.3) is 0 Å². The van der Waals surface area contributed by atoms with Gasteiger partial charge >= 0.3 is 5.69 Å². The fourth-order valence-electron chi connectivity index (χ4n) is 2.52. The number of aromatic nitrogens is 2. The van der Waals surface area contributed by atoms with Crippen LogP contribution in [-0.4, -0.2) is 41.5 Å². The lowest BCUT2D eigenvalue weighted by atomic mass is 9.95. The van der Waals surface area contributed by atoms with Crippen molar-refractivity contribution in [2.75, 3.05) is 32.0 Å². The second kappa shape index (κ2) is 6.34. The highest BCUT2D eigenvalue weighted by atomic mass is 16.1. The molecule has 0 saturated carbocycles. The number of anilines is 1. The largest absolute Gasteiger partial charge is 0.370 e. The zero-order valence-corrected chi connectivity index (χ0v) is 11.1. The second-order valence-electron chi connectivity index (χ2n) is 5.08. The molecule has 0 radical (unpaired) electrons. The molecule has 1 aliphatic heterocycles. The van der Waals surface area contributed by atoms with E-state index >= 15 is 0 Å². The van der Waals surface area contributed by atoms with Crippen LogP contribution in [-0.2, 0) is 0 Å². The van der Waals surface area contributed by atoms with Crippen molar-refractivity contribution >= 4 is 5.82 Å². The number of likely N-dealkylation sites (tertiary alicyclic amines) is 1. The van der Waals surface area contributed by atoms with E-state index in [0.29, 0.717) is 11.7 Å². The van der Waals surface area contributed by atoms with Gasteiger partial charge in [-0.25, -0.2) is 4.79 Å². The summed E-state index contributed by atoms with van der Waals surface area (Å²) in [6.45, 7) is 3.10. The van der Waals surface area contributed by atoms with E-state index in [1.807, 2.05) is 6.07 Å². The van der Waals surface area contributed by atoms with Gasteiger partial charge in [-0.15, -0.1) is 0 Å². The van der Waals surface area contributed by atoms with Gasteiger partial charge in [-0.05, 0) is 38.8 Å². The van der Waals surface area contributed by atoms with E-state index in [2.05, 4.69) is 27.2 Å². The first-order chi connectivity index (χ1) is 9.17. The van der Waals surface area contributed by atoms with Crippen LogP contribution < -0.4 is 11.0 Å². The van der Waals surface area contributed by atoms with Gasteiger partial charge in [0.2, 0.25) is 0 Å². The molecule has 102 valence electrons. The number of rotatable bonds is 4. The predicted octanol–water partition coefficient (Wildman–Crippen LogP) is 0.785. The average molecular weight is 261 g/mol. The molecule has 1 aromatic rings. The van der Waals surface area contributed by atoms with Crippen LogP contribution in [0.1, 0.15) is 25.0 Å². The summed E-state index contributed by atoms with van der Waals surface area (Å²) in [4.78, 5) is 19.7. The Morgan fingerprint density at radius 3 is 3.26 bits per heavy atom. The van der Waals surface area contributed by atoms with Crippen molar-refractivity contribution in [2.24, 2.45) is 5.92 Å². The van der Waals surface area contributed by atoms with E-state index in [1.54, 1.807) is 6.07 Å². The molecule has 0 spiro atoms. The minimum Gasteiger partial charge on any atom is -0.370 e. The van der Waals surface area contributed by atoms with Crippen molar-refractivity contribution in [3.63, 3.8) is 0 Å². The quantitative estimate of drug-likeness (QED) is 0.837. The van der Waals surface area contributed by atoms with Gasteiger partial charge in [-0.3, -0.25) is 4.98 Å². The maximum Gasteiger partial charge on any atom is 0.347 e. The molecule has 0 aliphatic carbocycles. The third-order valence-corrected chi connectivity index (χ3v) is 3.45. The van der Waals surface area contributed by atoms with Crippen LogP contribution in [0.15, 0.2) is 10.9 Å². The molecule has 2 N–H and O–H groups in total. The summed E-state index contributed by atoms with van der Waals surface area (Å²) in [5.74, 6) is 1.17. The smallest absolute Gasteiger partial charge is 0.347 e. The number of hydrogen-bond donors (Lipinski definition) is 2. The molecule has 6 heteroatoms. The minimum atomic E-state index is -0.487. The highest BCUT2D eigenvalue weighted by molar-refractivity contribution is 5.38. The molecule has 1 saturated heterocycles. The van der Waals surface area contributed by atoms with Gasteiger partial charge < -0.3 is 10.2 Å². The normalized spacial score (nSPS) is 19.9. The number of nitrogens with one attached hydrogen (secondary N) is 2. The molecular formula is C13H19N5O. The van der Waals surface area contributed by atoms with Gasteiger partial charge in [0, 0.05) is 19.2 Å². The third-order valence-electron chi connectivity index (χ3n) is 3.45. The number of H-pyrrole nitrogens is 1. The molecule has 1 unspecified atom stereocenters. The highest BCUT2D eigenvalue weighted by Crippen LogP contribution is 2.18. The Labute approximate surface area is 112 Å². The molecule has 1 fully saturated rings. The summed E-state index contributed by atoms with van der Waals surface area (Å²) >= 11 is 0. The molecule has 1 aromatic heterocycles. The summed E-state index contributed by atoms with van der Waals surface area (Å²) in [5.41, 5.74) is -0.251. The molecule has 2 rings (SSSR count). The number of nitrogens with zero attached hydrogens (tertiary/aromatic N) is 3. The van der Waals surface area contributed by atoms with E-state index in [0.717, 1.165) is 19.5 Å². The van der Waals surface area contributed by atoms with Gasteiger partial charge in [-0.2, -0.15) is 10.2 Å². The predicted molar refractivity (Wildman–Crippen MR) is 72.9 cm³/mol. The van der Waals surface area contributed by atoms with Crippen molar-refractivity contribution in [3.05, 3.63) is 22.2 Å². The minimum absolute atomic E-state index is 0.236. The van der Waals surface area contributed by atoms with Crippen LogP contribution in [0.2, 0.25) is 0 Å². The maximum atomic E-state index is 11.2. The van der Waals surface area contributed by atoms with Crippen LogP contribution in [0.3, 0.4) is 0 Å². The lowest BCUT2D eigenvalue weighted by Crippen LogP contribution is -2.32. The van der Waals surface area contributed by atoms with E-state index in [-0.39, 0.29) is 5.69 Å². The molecule has 0 aromatic carbocycles. The third kappa shape index (κ3) is 4.07. The van der Waals surface area contributed by atoms with E-state index in [1.165, 1.54) is 19.4 Å². The lowest BCUT2D eigenvalue weighted by Gasteiger charge is -2.29. The Bertz CT molecular complexity index is 519. The Balaban J connectivity index is 1.84. The Kier molecular flexibility index (Phi) is 4.53. The highest BCUT2D eigenvalue weighted by Gasteiger charge is 2.16. The summed E-state index contributed by atoms with van der Waals surface area (Å²) < 4.78 is 0. The Morgan fingerprint density at radius 1 is 1.68 bits per heavy atom.